The van der Waals surface area contributed by atoms with Crippen LogP contribution in [0, 0.1) is 0 Å². The summed E-state index contributed by atoms with van der Waals surface area (Å²) in [6, 6.07) is 3.60. The van der Waals surface area contributed by atoms with Gasteiger partial charge >= 0.3 is 0 Å². The van der Waals surface area contributed by atoms with Crippen molar-refractivity contribution in [2.75, 3.05) is 26.6 Å². The summed E-state index contributed by atoms with van der Waals surface area (Å²) >= 11 is 0. The molecular weight excluding hydrogens is 220 g/mol. The Morgan fingerprint density at radius 3 is 2.71 bits per heavy atom. The number of amides is 1. The van der Waals surface area contributed by atoms with Crippen LogP contribution in [-0.2, 0) is 4.79 Å². The number of carbonyl (C=O) groups excluding carboxylic acids is 1. The minimum Gasteiger partial charge on any atom is -0.497 e. The molecule has 2 rings (SSSR count). The molecule has 0 aliphatic carbocycles. The van der Waals surface area contributed by atoms with Gasteiger partial charge in [0.1, 0.15) is 11.5 Å². The van der Waals surface area contributed by atoms with Gasteiger partial charge in [-0.05, 0) is 7.05 Å². The van der Waals surface area contributed by atoms with Gasteiger partial charge in [0.05, 0.1) is 19.9 Å². The van der Waals surface area contributed by atoms with Gasteiger partial charge in [0.25, 0.3) is 0 Å². The average Bonchev–Trinajstić information content (AvgIpc) is 2.35. The van der Waals surface area contributed by atoms with Crippen LogP contribution in [0.25, 0.3) is 0 Å². The van der Waals surface area contributed by atoms with E-state index in [1.807, 2.05) is 13.1 Å². The molecule has 5 nitrogen and oxygen atoms in total. The minimum absolute atomic E-state index is 0.00726. The van der Waals surface area contributed by atoms with Crippen LogP contribution in [0.5, 0.6) is 11.5 Å². The van der Waals surface area contributed by atoms with Gasteiger partial charge in [0, 0.05) is 30.2 Å². The summed E-state index contributed by atoms with van der Waals surface area (Å²) in [4.78, 5) is 11.6. The lowest BCUT2D eigenvalue weighted by Gasteiger charge is -2.27. The molecule has 0 bridgehead atoms. The fourth-order valence-corrected chi connectivity index (χ4v) is 2.09. The molecule has 1 aromatic carbocycles. The largest absolute Gasteiger partial charge is 0.497 e. The monoisotopic (exact) mass is 236 g/mol. The summed E-state index contributed by atoms with van der Waals surface area (Å²) in [6.07, 6.45) is 0.409. The molecule has 0 saturated heterocycles. The maximum absolute atomic E-state index is 11.6. The molecule has 1 aliphatic heterocycles. The van der Waals surface area contributed by atoms with Crippen molar-refractivity contribution in [2.45, 2.75) is 12.5 Å². The highest BCUT2D eigenvalue weighted by atomic mass is 16.5. The van der Waals surface area contributed by atoms with Crippen molar-refractivity contribution in [3.8, 4) is 11.5 Å². The molecule has 1 heterocycles. The smallest absolute Gasteiger partial charge is 0.226 e. The predicted octanol–water partition coefficient (Wildman–Crippen LogP) is 1.31. The molecular formula is C12H16N2O3. The first-order valence-corrected chi connectivity index (χ1v) is 5.42. The molecule has 0 radical (unpaired) electrons. The maximum Gasteiger partial charge on any atom is 0.226 e. The van der Waals surface area contributed by atoms with E-state index in [1.165, 1.54) is 0 Å². The van der Waals surface area contributed by atoms with Crippen molar-refractivity contribution >= 4 is 11.6 Å². The number of fused-ring (bicyclic) bond motifs is 1. The number of hydrogen-bond acceptors (Lipinski definition) is 4. The van der Waals surface area contributed by atoms with E-state index in [-0.39, 0.29) is 11.9 Å². The van der Waals surface area contributed by atoms with Gasteiger partial charge in [-0.2, -0.15) is 0 Å². The van der Waals surface area contributed by atoms with Crippen molar-refractivity contribution < 1.29 is 14.3 Å². The standard InChI is InChI=1S/C12H16N2O3/c1-13-8-6-11(15)14-9-4-7(16-2)5-10(17-3)12(8)9/h4-5,8,13H,6H2,1-3H3,(H,14,15). The third kappa shape index (κ3) is 2.06. The molecule has 1 unspecified atom stereocenters. The number of carbonyl (C=O) groups is 1. The van der Waals surface area contributed by atoms with E-state index in [1.54, 1.807) is 20.3 Å². The second-order valence-electron chi connectivity index (χ2n) is 3.88. The second-order valence-corrected chi connectivity index (χ2v) is 3.88. The fraction of sp³-hybridized carbons (Fsp3) is 0.417. The molecule has 1 atom stereocenters. The Bertz CT molecular complexity index is 446. The van der Waals surface area contributed by atoms with Crippen LogP contribution in [-0.4, -0.2) is 27.2 Å². The Kier molecular flexibility index (Phi) is 3.19. The van der Waals surface area contributed by atoms with E-state index in [0.717, 1.165) is 17.0 Å². The fourth-order valence-electron chi connectivity index (χ4n) is 2.09. The Labute approximate surface area is 100 Å². The molecule has 92 valence electrons. The van der Waals surface area contributed by atoms with Gasteiger partial charge in [-0.1, -0.05) is 0 Å². The van der Waals surface area contributed by atoms with E-state index in [2.05, 4.69) is 10.6 Å². The predicted molar refractivity (Wildman–Crippen MR) is 64.6 cm³/mol. The van der Waals surface area contributed by atoms with Gasteiger partial charge in [-0.25, -0.2) is 0 Å². The summed E-state index contributed by atoms with van der Waals surface area (Å²) in [6.45, 7) is 0. The third-order valence-corrected chi connectivity index (χ3v) is 2.93. The van der Waals surface area contributed by atoms with Crippen molar-refractivity contribution in [3.05, 3.63) is 17.7 Å². The zero-order valence-electron chi connectivity index (χ0n) is 10.2. The molecule has 1 aliphatic rings. The molecule has 0 saturated carbocycles. The average molecular weight is 236 g/mol. The van der Waals surface area contributed by atoms with Crippen LogP contribution in [0.3, 0.4) is 0 Å². The highest BCUT2D eigenvalue weighted by Gasteiger charge is 2.28. The topological polar surface area (TPSA) is 59.6 Å². The molecule has 5 heteroatoms. The number of anilines is 1. The van der Waals surface area contributed by atoms with Crippen LogP contribution in [0.4, 0.5) is 5.69 Å². The zero-order valence-corrected chi connectivity index (χ0v) is 10.2. The van der Waals surface area contributed by atoms with Gasteiger partial charge in [0.2, 0.25) is 5.91 Å². The van der Waals surface area contributed by atoms with E-state index in [4.69, 9.17) is 9.47 Å². The SMILES string of the molecule is CNC1CC(=O)Nc2cc(OC)cc(OC)c21. The van der Waals surface area contributed by atoms with E-state index < -0.39 is 0 Å². The van der Waals surface area contributed by atoms with Crippen molar-refractivity contribution in [1.29, 1.82) is 0 Å². The zero-order chi connectivity index (χ0) is 12.4. The summed E-state index contributed by atoms with van der Waals surface area (Å²) in [5.41, 5.74) is 1.72. The third-order valence-electron chi connectivity index (χ3n) is 2.93. The highest BCUT2D eigenvalue weighted by molar-refractivity contribution is 5.95. The molecule has 0 fully saturated rings. The summed E-state index contributed by atoms with van der Waals surface area (Å²) in [5.74, 6) is 1.38. The van der Waals surface area contributed by atoms with Crippen molar-refractivity contribution in [3.63, 3.8) is 0 Å². The van der Waals surface area contributed by atoms with Gasteiger partial charge in [-0.15, -0.1) is 0 Å². The number of benzene rings is 1. The first-order chi connectivity index (χ1) is 8.19. The molecule has 0 spiro atoms. The van der Waals surface area contributed by atoms with Gasteiger partial charge < -0.3 is 20.1 Å². The van der Waals surface area contributed by atoms with E-state index in [0.29, 0.717) is 12.2 Å². The minimum atomic E-state index is -0.0281. The van der Waals surface area contributed by atoms with Crippen LogP contribution >= 0.6 is 0 Å². The van der Waals surface area contributed by atoms with Crippen LogP contribution in [0.15, 0.2) is 12.1 Å². The molecule has 17 heavy (non-hydrogen) atoms. The number of rotatable bonds is 3. The Hall–Kier alpha value is -1.75. The Morgan fingerprint density at radius 2 is 2.12 bits per heavy atom. The molecule has 0 aromatic heterocycles. The number of ether oxygens (including phenoxy) is 2. The Morgan fingerprint density at radius 1 is 1.35 bits per heavy atom. The highest BCUT2D eigenvalue weighted by Crippen LogP contribution is 2.40. The number of methoxy groups -OCH3 is 2. The second kappa shape index (κ2) is 4.63. The molecule has 2 N–H and O–H groups in total. The molecule has 1 amide bonds. The lowest BCUT2D eigenvalue weighted by Crippen LogP contribution is -2.30. The van der Waals surface area contributed by atoms with Gasteiger partial charge in [0.15, 0.2) is 0 Å². The van der Waals surface area contributed by atoms with Crippen LogP contribution in [0.1, 0.15) is 18.0 Å². The summed E-state index contributed by atoms with van der Waals surface area (Å²) < 4.78 is 10.5. The lowest BCUT2D eigenvalue weighted by molar-refractivity contribution is -0.117. The van der Waals surface area contributed by atoms with Crippen LogP contribution in [0.2, 0.25) is 0 Å². The molecule has 1 aromatic rings. The first kappa shape index (κ1) is 11.7. The first-order valence-electron chi connectivity index (χ1n) is 5.42. The summed E-state index contributed by atoms with van der Waals surface area (Å²) in [7, 11) is 5.02. The van der Waals surface area contributed by atoms with E-state index in [9.17, 15) is 4.79 Å². The quantitative estimate of drug-likeness (QED) is 0.830. The number of nitrogens with one attached hydrogen (secondary N) is 2. The Balaban J connectivity index is 2.55. The number of hydrogen-bond donors (Lipinski definition) is 2. The van der Waals surface area contributed by atoms with Crippen LogP contribution < -0.4 is 20.1 Å². The van der Waals surface area contributed by atoms with Crippen molar-refractivity contribution in [1.82, 2.24) is 5.32 Å². The van der Waals surface area contributed by atoms with Gasteiger partial charge in [-0.3, -0.25) is 4.79 Å². The normalized spacial score (nSPS) is 18.3. The maximum atomic E-state index is 11.6. The van der Waals surface area contributed by atoms with E-state index >= 15 is 0 Å². The van der Waals surface area contributed by atoms with Crippen molar-refractivity contribution in [2.24, 2.45) is 0 Å². The lowest BCUT2D eigenvalue weighted by atomic mass is 9.96. The summed E-state index contributed by atoms with van der Waals surface area (Å²) in [5, 5.41) is 5.96.